The van der Waals surface area contributed by atoms with Crippen molar-refractivity contribution < 1.29 is 9.84 Å². The Morgan fingerprint density at radius 3 is 2.73 bits per heavy atom. The van der Waals surface area contributed by atoms with Crippen molar-refractivity contribution in [3.63, 3.8) is 0 Å². The van der Waals surface area contributed by atoms with Gasteiger partial charge in [0.1, 0.15) is 0 Å². The summed E-state index contributed by atoms with van der Waals surface area (Å²) in [4.78, 5) is 0. The molecule has 1 heterocycles. The summed E-state index contributed by atoms with van der Waals surface area (Å²) in [5.41, 5.74) is 1.12. The Bertz CT molecular complexity index is 217. The lowest BCUT2D eigenvalue weighted by molar-refractivity contribution is 0.137. The molecule has 1 saturated carbocycles. The van der Waals surface area contributed by atoms with Gasteiger partial charge in [-0.05, 0) is 30.8 Å². The lowest BCUT2D eigenvalue weighted by atomic mass is 9.83. The van der Waals surface area contributed by atoms with E-state index in [1.54, 1.807) is 6.26 Å². The van der Waals surface area contributed by atoms with Gasteiger partial charge >= 0.3 is 0 Å². The zero-order valence-electron chi connectivity index (χ0n) is 9.45. The van der Waals surface area contributed by atoms with E-state index in [0.29, 0.717) is 0 Å². The van der Waals surface area contributed by atoms with Crippen LogP contribution in [0.5, 0.6) is 0 Å². The number of rotatable bonds is 3. The fourth-order valence-corrected chi connectivity index (χ4v) is 2.72. The molecule has 0 amide bonds. The lowest BCUT2D eigenvalue weighted by Crippen LogP contribution is -2.20. The van der Waals surface area contributed by atoms with Gasteiger partial charge in [-0.15, -0.1) is 0 Å². The summed E-state index contributed by atoms with van der Waals surface area (Å²) < 4.78 is 5.27. The zero-order chi connectivity index (χ0) is 10.5. The van der Waals surface area contributed by atoms with Crippen LogP contribution in [0.15, 0.2) is 11.8 Å². The standard InChI is InChI=1S/C13H22O2/c14-13(12-7-4-8-15-10-12)9-11-5-2-1-3-6-11/h10-11,13-14H,1-9H2. The Morgan fingerprint density at radius 1 is 1.27 bits per heavy atom. The number of aliphatic hydroxyl groups excluding tert-OH is 1. The lowest BCUT2D eigenvalue weighted by Gasteiger charge is -2.26. The maximum Gasteiger partial charge on any atom is 0.0876 e. The van der Waals surface area contributed by atoms with Crippen LogP contribution >= 0.6 is 0 Å². The smallest absolute Gasteiger partial charge is 0.0876 e. The van der Waals surface area contributed by atoms with Crippen molar-refractivity contribution in [3.05, 3.63) is 11.8 Å². The summed E-state index contributed by atoms with van der Waals surface area (Å²) in [5, 5.41) is 10.1. The quantitative estimate of drug-likeness (QED) is 0.776. The largest absolute Gasteiger partial charge is 0.501 e. The Kier molecular flexibility index (Phi) is 4.07. The highest BCUT2D eigenvalue weighted by Gasteiger charge is 2.21. The van der Waals surface area contributed by atoms with Crippen LogP contribution < -0.4 is 0 Å². The van der Waals surface area contributed by atoms with Crippen LogP contribution in [0.3, 0.4) is 0 Å². The van der Waals surface area contributed by atoms with Crippen LogP contribution in [0, 0.1) is 5.92 Å². The van der Waals surface area contributed by atoms with Gasteiger partial charge < -0.3 is 9.84 Å². The van der Waals surface area contributed by atoms with Crippen molar-refractivity contribution in [2.75, 3.05) is 6.61 Å². The third kappa shape index (κ3) is 3.23. The topological polar surface area (TPSA) is 29.5 Å². The molecule has 1 fully saturated rings. The minimum atomic E-state index is -0.242. The van der Waals surface area contributed by atoms with E-state index in [1.807, 2.05) is 0 Å². The highest BCUT2D eigenvalue weighted by Crippen LogP contribution is 2.30. The van der Waals surface area contributed by atoms with Crippen molar-refractivity contribution in [3.8, 4) is 0 Å². The second kappa shape index (κ2) is 5.55. The first-order valence-corrected chi connectivity index (χ1v) is 6.35. The molecule has 86 valence electrons. The monoisotopic (exact) mass is 210 g/mol. The van der Waals surface area contributed by atoms with Crippen molar-refractivity contribution in [1.29, 1.82) is 0 Å². The fraction of sp³-hybridized carbons (Fsp3) is 0.846. The first-order valence-electron chi connectivity index (χ1n) is 6.35. The van der Waals surface area contributed by atoms with Crippen LogP contribution in [-0.2, 0) is 4.74 Å². The second-order valence-corrected chi connectivity index (χ2v) is 4.92. The van der Waals surface area contributed by atoms with E-state index in [2.05, 4.69) is 0 Å². The molecule has 1 aliphatic heterocycles. The molecule has 1 atom stereocenters. The maximum absolute atomic E-state index is 10.1. The van der Waals surface area contributed by atoms with Gasteiger partial charge in [0, 0.05) is 0 Å². The molecule has 0 aromatic heterocycles. The summed E-state index contributed by atoms with van der Waals surface area (Å²) in [7, 11) is 0. The van der Waals surface area contributed by atoms with Crippen molar-refractivity contribution in [2.24, 2.45) is 5.92 Å². The predicted molar refractivity (Wildman–Crippen MR) is 60.5 cm³/mol. The Labute approximate surface area is 92.3 Å². The second-order valence-electron chi connectivity index (χ2n) is 4.92. The van der Waals surface area contributed by atoms with E-state index in [0.717, 1.165) is 37.4 Å². The molecular weight excluding hydrogens is 188 g/mol. The molecule has 15 heavy (non-hydrogen) atoms. The van der Waals surface area contributed by atoms with Gasteiger partial charge in [0.25, 0.3) is 0 Å². The van der Waals surface area contributed by atoms with E-state index in [9.17, 15) is 5.11 Å². The van der Waals surface area contributed by atoms with Crippen LogP contribution in [0.25, 0.3) is 0 Å². The van der Waals surface area contributed by atoms with Gasteiger partial charge in [0.15, 0.2) is 0 Å². The molecular formula is C13H22O2. The molecule has 0 aromatic rings. The Hall–Kier alpha value is -0.500. The predicted octanol–water partition coefficient (Wildman–Crippen LogP) is 3.01. The minimum Gasteiger partial charge on any atom is -0.501 e. The molecule has 2 heteroatoms. The molecule has 0 aromatic carbocycles. The molecule has 0 bridgehead atoms. The third-order valence-electron chi connectivity index (χ3n) is 3.67. The number of hydrogen-bond donors (Lipinski definition) is 1. The minimum absolute atomic E-state index is 0.242. The summed E-state index contributed by atoms with van der Waals surface area (Å²) in [6.07, 6.45) is 11.3. The van der Waals surface area contributed by atoms with Crippen molar-refractivity contribution in [1.82, 2.24) is 0 Å². The summed E-state index contributed by atoms with van der Waals surface area (Å²) in [5.74, 6) is 0.747. The van der Waals surface area contributed by atoms with Crippen LogP contribution in [0.2, 0.25) is 0 Å². The van der Waals surface area contributed by atoms with E-state index in [4.69, 9.17) is 4.74 Å². The fourth-order valence-electron chi connectivity index (χ4n) is 2.72. The van der Waals surface area contributed by atoms with Gasteiger partial charge in [-0.1, -0.05) is 32.1 Å². The first-order chi connectivity index (χ1) is 7.36. The molecule has 2 rings (SSSR count). The van der Waals surface area contributed by atoms with Gasteiger partial charge in [-0.2, -0.15) is 0 Å². The summed E-state index contributed by atoms with van der Waals surface area (Å²) in [6.45, 7) is 0.819. The van der Waals surface area contributed by atoms with Crippen LogP contribution in [0.4, 0.5) is 0 Å². The van der Waals surface area contributed by atoms with E-state index < -0.39 is 0 Å². The first kappa shape index (κ1) is 11.0. The SMILES string of the molecule is OC(CC1CCCCC1)C1=COCCC1. The number of aliphatic hydroxyl groups is 1. The highest BCUT2D eigenvalue weighted by atomic mass is 16.5. The van der Waals surface area contributed by atoms with Gasteiger partial charge in [0.05, 0.1) is 19.0 Å². The summed E-state index contributed by atoms with van der Waals surface area (Å²) >= 11 is 0. The Balaban J connectivity index is 1.79. The molecule has 1 unspecified atom stereocenters. The average Bonchev–Trinajstić information content (AvgIpc) is 2.31. The van der Waals surface area contributed by atoms with E-state index in [-0.39, 0.29) is 6.10 Å². The van der Waals surface area contributed by atoms with Gasteiger partial charge in [0.2, 0.25) is 0 Å². The van der Waals surface area contributed by atoms with Crippen molar-refractivity contribution in [2.45, 2.75) is 57.5 Å². The van der Waals surface area contributed by atoms with Gasteiger partial charge in [-0.25, -0.2) is 0 Å². The van der Waals surface area contributed by atoms with Crippen molar-refractivity contribution >= 4 is 0 Å². The normalized spacial score (nSPS) is 25.5. The molecule has 0 saturated heterocycles. The van der Waals surface area contributed by atoms with Crippen LogP contribution in [-0.4, -0.2) is 17.8 Å². The van der Waals surface area contributed by atoms with Gasteiger partial charge in [-0.3, -0.25) is 0 Å². The zero-order valence-corrected chi connectivity index (χ0v) is 9.45. The van der Waals surface area contributed by atoms with E-state index >= 15 is 0 Å². The molecule has 2 nitrogen and oxygen atoms in total. The molecule has 0 spiro atoms. The number of ether oxygens (including phenoxy) is 1. The molecule has 0 radical (unpaired) electrons. The number of hydrogen-bond acceptors (Lipinski definition) is 2. The molecule has 1 N–H and O–H groups in total. The Morgan fingerprint density at radius 2 is 2.07 bits per heavy atom. The maximum atomic E-state index is 10.1. The average molecular weight is 210 g/mol. The van der Waals surface area contributed by atoms with Crippen LogP contribution in [0.1, 0.15) is 51.4 Å². The highest BCUT2D eigenvalue weighted by molar-refractivity contribution is 5.07. The third-order valence-corrected chi connectivity index (χ3v) is 3.67. The van der Waals surface area contributed by atoms with E-state index in [1.165, 1.54) is 32.1 Å². The summed E-state index contributed by atoms with van der Waals surface area (Å²) in [6, 6.07) is 0. The molecule has 2 aliphatic rings. The molecule has 1 aliphatic carbocycles.